The maximum absolute atomic E-state index is 11.0. The number of aromatic carboxylic acids is 2. The average molecular weight is 291 g/mol. The van der Waals surface area contributed by atoms with Gasteiger partial charge in [-0.3, -0.25) is 0 Å². The van der Waals surface area contributed by atoms with Crippen LogP contribution in [0.2, 0.25) is 0 Å². The summed E-state index contributed by atoms with van der Waals surface area (Å²) in [4.78, 5) is 25.7. The molecule has 0 bridgehead atoms. The largest absolute Gasteiger partial charge is 0.491 e. The van der Waals surface area contributed by atoms with Crippen molar-refractivity contribution in [2.45, 2.75) is 20.0 Å². The Labute approximate surface area is 119 Å². The number of rotatable bonds is 5. The van der Waals surface area contributed by atoms with Gasteiger partial charge in [0.05, 0.1) is 6.10 Å². The number of carbonyl (C=O) groups is 2. The molecule has 0 unspecified atom stereocenters. The van der Waals surface area contributed by atoms with E-state index in [1.807, 2.05) is 13.8 Å². The second-order valence-electron chi connectivity index (χ2n) is 4.50. The summed E-state index contributed by atoms with van der Waals surface area (Å²) in [6, 6.07) is 6.63. The molecule has 110 valence electrons. The fourth-order valence-electron chi connectivity index (χ4n) is 1.71. The number of ether oxygens (including phenoxy) is 1. The highest BCUT2D eigenvalue weighted by Gasteiger charge is 2.25. The van der Waals surface area contributed by atoms with Gasteiger partial charge < -0.3 is 19.4 Å². The van der Waals surface area contributed by atoms with E-state index >= 15 is 0 Å². The number of aromatic nitrogens is 1. The highest BCUT2D eigenvalue weighted by molar-refractivity contribution is 5.98. The van der Waals surface area contributed by atoms with Crippen LogP contribution in [0.5, 0.6) is 5.75 Å². The van der Waals surface area contributed by atoms with Crippen LogP contribution in [0, 0.1) is 0 Å². The minimum atomic E-state index is -1.49. The topological polar surface area (TPSA) is 110 Å². The number of nitrogens with zero attached hydrogens (tertiary/aromatic N) is 1. The molecule has 7 heteroatoms. The van der Waals surface area contributed by atoms with E-state index in [0.29, 0.717) is 11.3 Å². The van der Waals surface area contributed by atoms with Crippen LogP contribution in [0.25, 0.3) is 11.5 Å². The molecule has 21 heavy (non-hydrogen) atoms. The van der Waals surface area contributed by atoms with E-state index in [0.717, 1.165) is 0 Å². The SMILES string of the molecule is CC(C)Oc1cccc(-c2nc(C(=O)O)c(C(=O)O)o2)c1. The lowest BCUT2D eigenvalue weighted by atomic mass is 10.2. The molecule has 0 aliphatic carbocycles. The van der Waals surface area contributed by atoms with Crippen LogP contribution in [0.3, 0.4) is 0 Å². The van der Waals surface area contributed by atoms with Crippen molar-refractivity contribution in [1.29, 1.82) is 0 Å². The molecule has 2 rings (SSSR count). The first-order valence-corrected chi connectivity index (χ1v) is 6.13. The van der Waals surface area contributed by atoms with Crippen molar-refractivity contribution >= 4 is 11.9 Å². The number of oxazole rings is 1. The predicted molar refractivity (Wildman–Crippen MR) is 71.6 cm³/mol. The summed E-state index contributed by atoms with van der Waals surface area (Å²) in [6.45, 7) is 3.73. The molecule has 2 aromatic rings. The molecule has 0 fully saturated rings. The molecular formula is C14H13NO6. The Morgan fingerprint density at radius 1 is 1.24 bits per heavy atom. The predicted octanol–water partition coefficient (Wildman–Crippen LogP) is 2.53. The van der Waals surface area contributed by atoms with Crippen LogP contribution in [0.1, 0.15) is 34.9 Å². The Morgan fingerprint density at radius 3 is 2.48 bits per heavy atom. The van der Waals surface area contributed by atoms with Gasteiger partial charge in [0, 0.05) is 5.56 Å². The lowest BCUT2D eigenvalue weighted by Crippen LogP contribution is -2.05. The summed E-state index contributed by atoms with van der Waals surface area (Å²) in [6.07, 6.45) is -0.0334. The molecule has 0 saturated heterocycles. The first-order chi connectivity index (χ1) is 9.88. The van der Waals surface area contributed by atoms with Gasteiger partial charge in [0.2, 0.25) is 17.3 Å². The molecule has 0 amide bonds. The standard InChI is InChI=1S/C14H13NO6/c1-7(2)20-9-5-3-4-8(6-9)12-15-10(13(16)17)11(21-12)14(18)19/h3-7H,1-2H3,(H,16,17)(H,18,19). The molecule has 0 aliphatic heterocycles. The zero-order valence-electron chi connectivity index (χ0n) is 11.4. The highest BCUT2D eigenvalue weighted by Crippen LogP contribution is 2.26. The second-order valence-corrected chi connectivity index (χ2v) is 4.50. The van der Waals surface area contributed by atoms with E-state index in [1.54, 1.807) is 24.3 Å². The van der Waals surface area contributed by atoms with Gasteiger partial charge in [-0.2, -0.15) is 0 Å². The van der Waals surface area contributed by atoms with Gasteiger partial charge in [-0.05, 0) is 32.0 Å². The van der Waals surface area contributed by atoms with Crippen LogP contribution in [0.4, 0.5) is 0 Å². The Hall–Kier alpha value is -2.83. The fraction of sp³-hybridized carbons (Fsp3) is 0.214. The van der Waals surface area contributed by atoms with Crippen LogP contribution in [-0.2, 0) is 0 Å². The Bertz CT molecular complexity index is 657. The normalized spacial score (nSPS) is 10.6. The third kappa shape index (κ3) is 3.19. The average Bonchev–Trinajstić information content (AvgIpc) is 2.83. The van der Waals surface area contributed by atoms with E-state index in [9.17, 15) is 9.59 Å². The Morgan fingerprint density at radius 2 is 1.95 bits per heavy atom. The van der Waals surface area contributed by atoms with Gasteiger partial charge in [0.1, 0.15) is 5.75 Å². The zero-order chi connectivity index (χ0) is 15.6. The van der Waals surface area contributed by atoms with Crippen molar-refractivity contribution in [3.63, 3.8) is 0 Å². The highest BCUT2D eigenvalue weighted by atomic mass is 16.5. The van der Waals surface area contributed by atoms with Crippen LogP contribution in [0.15, 0.2) is 28.7 Å². The maximum atomic E-state index is 11.0. The third-order valence-corrected chi connectivity index (χ3v) is 2.48. The third-order valence-electron chi connectivity index (χ3n) is 2.48. The number of carboxylic acid groups (broad SMARTS) is 2. The summed E-state index contributed by atoms with van der Waals surface area (Å²) in [5.41, 5.74) is -0.198. The molecule has 1 aromatic carbocycles. The molecule has 2 N–H and O–H groups in total. The van der Waals surface area contributed by atoms with Crippen LogP contribution < -0.4 is 4.74 Å². The van der Waals surface area contributed by atoms with Crippen molar-refractivity contribution in [3.05, 3.63) is 35.7 Å². The number of hydrogen-bond acceptors (Lipinski definition) is 5. The first kappa shape index (κ1) is 14.6. The van der Waals surface area contributed by atoms with Crippen molar-refractivity contribution < 1.29 is 29.0 Å². The lowest BCUT2D eigenvalue weighted by Gasteiger charge is -2.09. The smallest absolute Gasteiger partial charge is 0.374 e. The van der Waals surface area contributed by atoms with Gasteiger partial charge in [0.25, 0.3) is 0 Å². The van der Waals surface area contributed by atoms with E-state index in [-0.39, 0.29) is 12.0 Å². The van der Waals surface area contributed by atoms with Gasteiger partial charge in [-0.15, -0.1) is 0 Å². The zero-order valence-corrected chi connectivity index (χ0v) is 11.4. The molecule has 0 aliphatic rings. The molecule has 1 heterocycles. The lowest BCUT2D eigenvalue weighted by molar-refractivity contribution is 0.0624. The van der Waals surface area contributed by atoms with Gasteiger partial charge in [0.15, 0.2) is 0 Å². The summed E-state index contributed by atoms with van der Waals surface area (Å²) in [5.74, 6) is -3.18. The summed E-state index contributed by atoms with van der Waals surface area (Å²) < 4.78 is 10.5. The summed E-state index contributed by atoms with van der Waals surface area (Å²) in [7, 11) is 0. The molecule has 7 nitrogen and oxygen atoms in total. The Balaban J connectivity index is 2.45. The van der Waals surface area contributed by atoms with Crippen molar-refractivity contribution in [2.75, 3.05) is 0 Å². The maximum Gasteiger partial charge on any atom is 0.374 e. The summed E-state index contributed by atoms with van der Waals surface area (Å²) in [5, 5.41) is 17.9. The molecular weight excluding hydrogens is 278 g/mol. The molecule has 0 saturated carbocycles. The van der Waals surface area contributed by atoms with Gasteiger partial charge in [-0.1, -0.05) is 6.07 Å². The van der Waals surface area contributed by atoms with E-state index in [1.165, 1.54) is 0 Å². The Kier molecular flexibility index (Phi) is 3.93. The van der Waals surface area contributed by atoms with Crippen molar-refractivity contribution in [3.8, 4) is 17.2 Å². The number of benzene rings is 1. The monoisotopic (exact) mass is 291 g/mol. The number of carboxylic acids is 2. The van der Waals surface area contributed by atoms with Crippen LogP contribution >= 0.6 is 0 Å². The number of hydrogen-bond donors (Lipinski definition) is 2. The van der Waals surface area contributed by atoms with Crippen molar-refractivity contribution in [2.24, 2.45) is 0 Å². The molecule has 0 radical (unpaired) electrons. The molecule has 1 aromatic heterocycles. The molecule has 0 atom stereocenters. The van der Waals surface area contributed by atoms with Gasteiger partial charge >= 0.3 is 11.9 Å². The quantitative estimate of drug-likeness (QED) is 0.870. The first-order valence-electron chi connectivity index (χ1n) is 6.13. The van der Waals surface area contributed by atoms with E-state index < -0.39 is 23.4 Å². The van der Waals surface area contributed by atoms with Gasteiger partial charge in [-0.25, -0.2) is 14.6 Å². The van der Waals surface area contributed by atoms with E-state index in [2.05, 4.69) is 4.98 Å². The molecule has 0 spiro atoms. The summed E-state index contributed by atoms with van der Waals surface area (Å²) >= 11 is 0. The minimum Gasteiger partial charge on any atom is -0.491 e. The minimum absolute atomic E-state index is 0.0334. The van der Waals surface area contributed by atoms with Crippen molar-refractivity contribution in [1.82, 2.24) is 4.98 Å². The second kappa shape index (κ2) is 5.66. The fourth-order valence-corrected chi connectivity index (χ4v) is 1.71. The van der Waals surface area contributed by atoms with Crippen LogP contribution in [-0.4, -0.2) is 33.2 Å². The van der Waals surface area contributed by atoms with E-state index in [4.69, 9.17) is 19.4 Å².